The van der Waals surface area contributed by atoms with Crippen LogP contribution in [0.2, 0.25) is 0 Å². The van der Waals surface area contributed by atoms with Crippen molar-refractivity contribution in [2.75, 3.05) is 6.61 Å². The van der Waals surface area contributed by atoms with Crippen molar-refractivity contribution in [3.05, 3.63) is 57.9 Å². The van der Waals surface area contributed by atoms with Crippen LogP contribution >= 0.6 is 0 Å². The number of carboxylic acids is 1. The Morgan fingerprint density at radius 1 is 1.07 bits per heavy atom. The minimum Gasteiger partial charge on any atom is -0.478 e. The summed E-state index contributed by atoms with van der Waals surface area (Å²) in [6.45, 7) is 8.68. The Hall–Kier alpha value is -2.60. The standard InChI is InChI=1S/C21H27NO5/c1-12-6-8-15(9-7-12)18-16(19(24)25)13(2)22-14(3)17(18)20(26)27-21(4,5)10-11-23/h6-9,18,22-23H,10-11H2,1-5H3,(H,24,25). The van der Waals surface area contributed by atoms with Gasteiger partial charge in [0.1, 0.15) is 5.60 Å². The molecule has 1 atom stereocenters. The number of aryl methyl sites for hydroxylation is 1. The molecule has 0 spiro atoms. The first-order valence-corrected chi connectivity index (χ1v) is 8.90. The van der Waals surface area contributed by atoms with Crippen molar-refractivity contribution in [1.82, 2.24) is 5.32 Å². The molecule has 1 aliphatic rings. The largest absolute Gasteiger partial charge is 0.478 e. The van der Waals surface area contributed by atoms with Gasteiger partial charge in [0.25, 0.3) is 0 Å². The summed E-state index contributed by atoms with van der Waals surface area (Å²) in [7, 11) is 0. The van der Waals surface area contributed by atoms with Gasteiger partial charge in [0, 0.05) is 24.4 Å². The number of carbonyl (C=O) groups excluding carboxylic acids is 1. The van der Waals surface area contributed by atoms with Gasteiger partial charge in [-0.05, 0) is 40.2 Å². The summed E-state index contributed by atoms with van der Waals surface area (Å²) in [5.74, 6) is -2.41. The van der Waals surface area contributed by atoms with E-state index in [1.807, 2.05) is 31.2 Å². The second-order valence-corrected chi connectivity index (χ2v) is 7.47. The van der Waals surface area contributed by atoms with Crippen LogP contribution in [0.15, 0.2) is 46.8 Å². The Morgan fingerprint density at radius 2 is 1.63 bits per heavy atom. The molecule has 1 aromatic rings. The van der Waals surface area contributed by atoms with Gasteiger partial charge in [-0.3, -0.25) is 0 Å². The fraction of sp³-hybridized carbons (Fsp3) is 0.429. The van der Waals surface area contributed by atoms with E-state index < -0.39 is 23.5 Å². The zero-order chi connectivity index (χ0) is 20.4. The SMILES string of the molecule is CC1=C(C(=O)O)C(c2ccc(C)cc2)C(C(=O)OC(C)(C)CCO)=C(C)N1. The zero-order valence-corrected chi connectivity index (χ0v) is 16.4. The second-order valence-electron chi connectivity index (χ2n) is 7.47. The van der Waals surface area contributed by atoms with E-state index in [4.69, 9.17) is 4.74 Å². The number of carboxylic acid groups (broad SMARTS) is 1. The lowest BCUT2D eigenvalue weighted by atomic mass is 9.80. The quantitative estimate of drug-likeness (QED) is 0.664. The first-order valence-electron chi connectivity index (χ1n) is 8.90. The number of allylic oxidation sites excluding steroid dienone is 2. The van der Waals surface area contributed by atoms with Crippen LogP contribution in [0.3, 0.4) is 0 Å². The van der Waals surface area contributed by atoms with Crippen molar-refractivity contribution in [3.8, 4) is 0 Å². The molecule has 27 heavy (non-hydrogen) atoms. The summed E-state index contributed by atoms with van der Waals surface area (Å²) in [6, 6.07) is 7.45. The van der Waals surface area contributed by atoms with Gasteiger partial charge in [0.15, 0.2) is 0 Å². The van der Waals surface area contributed by atoms with Gasteiger partial charge < -0.3 is 20.3 Å². The lowest BCUT2D eigenvalue weighted by Gasteiger charge is -2.32. The number of nitrogens with one attached hydrogen (secondary N) is 1. The number of esters is 1. The van der Waals surface area contributed by atoms with Gasteiger partial charge in [-0.2, -0.15) is 0 Å². The number of ether oxygens (including phenoxy) is 1. The van der Waals surface area contributed by atoms with Crippen LogP contribution in [0.5, 0.6) is 0 Å². The predicted molar refractivity (Wildman–Crippen MR) is 102 cm³/mol. The summed E-state index contributed by atoms with van der Waals surface area (Å²) in [5, 5.41) is 22.0. The summed E-state index contributed by atoms with van der Waals surface area (Å²) in [6.07, 6.45) is 0.286. The fourth-order valence-electron chi connectivity index (χ4n) is 3.27. The molecule has 2 rings (SSSR count). The number of carbonyl (C=O) groups is 2. The van der Waals surface area contributed by atoms with Crippen LogP contribution in [0.1, 0.15) is 51.2 Å². The Morgan fingerprint density at radius 3 is 2.15 bits per heavy atom. The number of aliphatic hydroxyl groups excluding tert-OH is 1. The maximum atomic E-state index is 13.0. The third-order valence-corrected chi connectivity index (χ3v) is 4.70. The molecule has 1 aliphatic heterocycles. The van der Waals surface area contributed by atoms with Crippen molar-refractivity contribution >= 4 is 11.9 Å². The van der Waals surface area contributed by atoms with Crippen LogP contribution in [0.25, 0.3) is 0 Å². The van der Waals surface area contributed by atoms with E-state index in [1.54, 1.807) is 27.7 Å². The van der Waals surface area contributed by atoms with Crippen LogP contribution in [0.4, 0.5) is 0 Å². The molecule has 0 radical (unpaired) electrons. The molecular formula is C21H27NO5. The third kappa shape index (κ3) is 4.57. The minimum absolute atomic E-state index is 0.114. The highest BCUT2D eigenvalue weighted by atomic mass is 16.6. The Labute approximate surface area is 159 Å². The highest BCUT2D eigenvalue weighted by molar-refractivity contribution is 5.99. The van der Waals surface area contributed by atoms with Crippen molar-refractivity contribution in [2.45, 2.75) is 52.6 Å². The smallest absolute Gasteiger partial charge is 0.337 e. The number of dihydropyridines is 1. The molecule has 1 heterocycles. The number of hydrogen-bond acceptors (Lipinski definition) is 5. The number of aliphatic hydroxyl groups is 1. The average Bonchev–Trinajstić information content (AvgIpc) is 2.53. The normalized spacial score (nSPS) is 17.6. The molecule has 1 unspecified atom stereocenters. The molecule has 1 aromatic carbocycles. The third-order valence-electron chi connectivity index (χ3n) is 4.70. The van der Waals surface area contributed by atoms with Gasteiger partial charge >= 0.3 is 11.9 Å². The van der Waals surface area contributed by atoms with E-state index in [1.165, 1.54) is 0 Å². The van der Waals surface area contributed by atoms with Gasteiger partial charge in [0.05, 0.1) is 17.1 Å². The van der Waals surface area contributed by atoms with Crippen LogP contribution in [0, 0.1) is 6.92 Å². The van der Waals surface area contributed by atoms with Gasteiger partial charge in [-0.25, -0.2) is 9.59 Å². The lowest BCUT2D eigenvalue weighted by Crippen LogP contribution is -2.36. The highest BCUT2D eigenvalue weighted by Gasteiger charge is 2.38. The van der Waals surface area contributed by atoms with E-state index >= 15 is 0 Å². The van der Waals surface area contributed by atoms with E-state index in [0.29, 0.717) is 17.0 Å². The monoisotopic (exact) mass is 373 g/mol. The summed E-state index contributed by atoms with van der Waals surface area (Å²) >= 11 is 0. The number of aliphatic carboxylic acids is 1. The molecule has 0 aliphatic carbocycles. The topological polar surface area (TPSA) is 95.9 Å². The number of hydrogen-bond donors (Lipinski definition) is 3. The Bertz CT molecular complexity index is 802. The first-order chi connectivity index (χ1) is 12.6. The lowest BCUT2D eigenvalue weighted by molar-refractivity contribution is -0.153. The highest BCUT2D eigenvalue weighted by Crippen LogP contribution is 2.39. The van der Waals surface area contributed by atoms with Crippen molar-refractivity contribution in [1.29, 1.82) is 0 Å². The van der Waals surface area contributed by atoms with Crippen LogP contribution in [-0.2, 0) is 14.3 Å². The maximum absolute atomic E-state index is 13.0. The fourth-order valence-corrected chi connectivity index (χ4v) is 3.27. The van der Waals surface area contributed by atoms with Gasteiger partial charge in [0.2, 0.25) is 0 Å². The van der Waals surface area contributed by atoms with Crippen molar-refractivity contribution < 1.29 is 24.5 Å². The van der Waals surface area contributed by atoms with Crippen molar-refractivity contribution in [3.63, 3.8) is 0 Å². The number of benzene rings is 1. The summed E-state index contributed by atoms with van der Waals surface area (Å²) in [4.78, 5) is 25.0. The van der Waals surface area contributed by atoms with Gasteiger partial charge in [-0.1, -0.05) is 29.8 Å². The van der Waals surface area contributed by atoms with E-state index in [9.17, 15) is 19.8 Å². The summed E-state index contributed by atoms with van der Waals surface area (Å²) in [5.41, 5.74) is 2.34. The first kappa shape index (κ1) is 20.7. The van der Waals surface area contributed by atoms with Crippen LogP contribution in [-0.4, -0.2) is 34.4 Å². The maximum Gasteiger partial charge on any atom is 0.337 e. The minimum atomic E-state index is -1.09. The molecule has 0 fully saturated rings. The Balaban J connectivity index is 2.55. The van der Waals surface area contributed by atoms with Crippen LogP contribution < -0.4 is 5.32 Å². The van der Waals surface area contributed by atoms with Gasteiger partial charge in [-0.15, -0.1) is 0 Å². The predicted octanol–water partition coefficient (Wildman–Crippen LogP) is 3.02. The van der Waals surface area contributed by atoms with E-state index in [-0.39, 0.29) is 24.2 Å². The van der Waals surface area contributed by atoms with E-state index in [2.05, 4.69) is 5.32 Å². The molecule has 0 saturated carbocycles. The summed E-state index contributed by atoms with van der Waals surface area (Å²) < 4.78 is 5.61. The molecule has 3 N–H and O–H groups in total. The molecular weight excluding hydrogens is 346 g/mol. The average molecular weight is 373 g/mol. The second kappa shape index (κ2) is 7.96. The molecule has 0 aromatic heterocycles. The van der Waals surface area contributed by atoms with E-state index in [0.717, 1.165) is 5.56 Å². The molecule has 146 valence electrons. The molecule has 0 amide bonds. The van der Waals surface area contributed by atoms with Crippen molar-refractivity contribution in [2.24, 2.45) is 0 Å². The number of rotatable bonds is 6. The molecule has 0 saturated heterocycles. The molecule has 6 nitrogen and oxygen atoms in total. The Kier molecular flexibility index (Phi) is 6.11. The molecule has 0 bridgehead atoms. The molecule has 6 heteroatoms. The zero-order valence-electron chi connectivity index (χ0n) is 16.4.